The molecule has 0 aliphatic rings. The van der Waals surface area contributed by atoms with E-state index in [1.807, 2.05) is 32.0 Å². The van der Waals surface area contributed by atoms with Gasteiger partial charge in [0.25, 0.3) is 5.56 Å². The molecule has 0 bridgehead atoms. The number of amides is 1. The van der Waals surface area contributed by atoms with Crippen molar-refractivity contribution in [3.05, 3.63) is 81.9 Å². The minimum Gasteiger partial charge on any atom is -0.324 e. The molecule has 4 aromatic rings. The third-order valence-electron chi connectivity index (χ3n) is 4.64. The number of halogens is 2. The second-order valence-corrected chi connectivity index (χ2v) is 6.95. The number of benzene rings is 2. The third kappa shape index (κ3) is 3.69. The van der Waals surface area contributed by atoms with Crippen LogP contribution in [0.3, 0.4) is 0 Å². The maximum Gasteiger partial charge on any atom is 0.293 e. The van der Waals surface area contributed by atoms with Crippen molar-refractivity contribution < 1.29 is 13.6 Å². The van der Waals surface area contributed by atoms with Crippen molar-refractivity contribution >= 4 is 17.1 Å². The molecule has 0 radical (unpaired) electrons. The van der Waals surface area contributed by atoms with Crippen molar-refractivity contribution in [1.29, 1.82) is 0 Å². The number of hydrogen-bond acceptors (Lipinski definition) is 4. The van der Waals surface area contributed by atoms with E-state index in [4.69, 9.17) is 0 Å². The van der Waals surface area contributed by atoms with Crippen LogP contribution in [0.15, 0.2) is 53.6 Å². The number of nitrogens with one attached hydrogen (secondary N) is 1. The normalized spacial score (nSPS) is 11.1. The first-order valence-corrected chi connectivity index (χ1v) is 9.10. The van der Waals surface area contributed by atoms with Gasteiger partial charge in [0.2, 0.25) is 5.91 Å². The Balaban J connectivity index is 1.61. The van der Waals surface area contributed by atoms with Gasteiger partial charge in [-0.15, -0.1) is 0 Å². The Hall–Kier alpha value is -3.88. The molecular weight excluding hydrogens is 392 g/mol. The zero-order chi connectivity index (χ0) is 21.4. The van der Waals surface area contributed by atoms with E-state index < -0.39 is 29.6 Å². The molecule has 2 heterocycles. The summed E-state index contributed by atoms with van der Waals surface area (Å²) >= 11 is 0. The molecule has 1 N–H and O–H groups in total. The van der Waals surface area contributed by atoms with Crippen LogP contribution in [-0.4, -0.2) is 25.3 Å². The van der Waals surface area contributed by atoms with E-state index in [2.05, 4.69) is 15.5 Å². The fourth-order valence-electron chi connectivity index (χ4n) is 3.19. The van der Waals surface area contributed by atoms with Gasteiger partial charge >= 0.3 is 0 Å². The van der Waals surface area contributed by atoms with Crippen LogP contribution in [0, 0.1) is 25.5 Å². The molecule has 0 saturated carbocycles. The molecule has 1 amide bonds. The van der Waals surface area contributed by atoms with Gasteiger partial charge in [-0.2, -0.15) is 10.2 Å². The van der Waals surface area contributed by atoms with Crippen LogP contribution in [0.4, 0.5) is 14.5 Å². The average molecular weight is 409 g/mol. The van der Waals surface area contributed by atoms with Crippen molar-refractivity contribution in [2.75, 3.05) is 5.32 Å². The minimum absolute atomic E-state index is 0.0783. The highest BCUT2D eigenvalue weighted by Gasteiger charge is 2.14. The summed E-state index contributed by atoms with van der Waals surface area (Å²) in [5.41, 5.74) is 3.51. The lowest BCUT2D eigenvalue weighted by Gasteiger charge is -2.07. The lowest BCUT2D eigenvalue weighted by molar-refractivity contribution is -0.117. The molecule has 4 rings (SSSR count). The van der Waals surface area contributed by atoms with Crippen LogP contribution >= 0.6 is 0 Å². The lowest BCUT2D eigenvalue weighted by Crippen LogP contribution is -2.30. The summed E-state index contributed by atoms with van der Waals surface area (Å²) in [5, 5.41) is 10.8. The van der Waals surface area contributed by atoms with E-state index in [1.54, 1.807) is 6.07 Å². The lowest BCUT2D eigenvalue weighted by atomic mass is 10.0. The summed E-state index contributed by atoms with van der Waals surface area (Å²) in [6.45, 7) is 3.57. The molecule has 0 atom stereocenters. The molecule has 2 aromatic carbocycles. The minimum atomic E-state index is -1.08. The van der Waals surface area contributed by atoms with Gasteiger partial charge in [-0.1, -0.05) is 23.8 Å². The zero-order valence-corrected chi connectivity index (χ0v) is 16.2. The van der Waals surface area contributed by atoms with Crippen LogP contribution in [0.5, 0.6) is 0 Å². The number of aryl methyl sites for hydroxylation is 2. The molecular formula is C21H17F2N5O2. The van der Waals surface area contributed by atoms with Gasteiger partial charge in [0.1, 0.15) is 18.4 Å². The van der Waals surface area contributed by atoms with Gasteiger partial charge in [0.05, 0.1) is 5.69 Å². The number of fused-ring (bicyclic) bond motifs is 1. The zero-order valence-electron chi connectivity index (χ0n) is 16.2. The van der Waals surface area contributed by atoms with Gasteiger partial charge < -0.3 is 5.32 Å². The van der Waals surface area contributed by atoms with Crippen LogP contribution in [0.1, 0.15) is 11.1 Å². The summed E-state index contributed by atoms with van der Waals surface area (Å²) in [4.78, 5) is 25.0. The SMILES string of the molecule is Cc1ccc(-c2cc3c(=O)n(CC(=O)Nc4ccc(F)c(F)c4)ncn3n2)c(C)c1. The Bertz CT molecular complexity index is 1340. The summed E-state index contributed by atoms with van der Waals surface area (Å²) in [6.07, 6.45) is 1.34. The second kappa shape index (κ2) is 7.51. The highest BCUT2D eigenvalue weighted by Crippen LogP contribution is 2.23. The number of aromatic nitrogens is 4. The van der Waals surface area contributed by atoms with Crippen LogP contribution in [-0.2, 0) is 11.3 Å². The smallest absolute Gasteiger partial charge is 0.293 e. The van der Waals surface area contributed by atoms with Crippen molar-refractivity contribution in [3.63, 3.8) is 0 Å². The molecule has 0 saturated heterocycles. The van der Waals surface area contributed by atoms with Crippen molar-refractivity contribution in [2.45, 2.75) is 20.4 Å². The highest BCUT2D eigenvalue weighted by atomic mass is 19.2. The molecule has 7 nitrogen and oxygen atoms in total. The Morgan fingerprint density at radius 3 is 2.60 bits per heavy atom. The number of nitrogens with zero attached hydrogens (tertiary/aromatic N) is 4. The van der Waals surface area contributed by atoms with Gasteiger partial charge in [-0.3, -0.25) is 9.59 Å². The summed E-state index contributed by atoms with van der Waals surface area (Å²) in [7, 11) is 0. The Labute approximate surface area is 169 Å². The maximum atomic E-state index is 13.3. The van der Waals surface area contributed by atoms with Gasteiger partial charge in [-0.05, 0) is 37.6 Å². The van der Waals surface area contributed by atoms with Crippen molar-refractivity contribution in [1.82, 2.24) is 19.4 Å². The second-order valence-electron chi connectivity index (χ2n) is 6.95. The Kier molecular flexibility index (Phi) is 4.86. The van der Waals surface area contributed by atoms with Gasteiger partial charge in [0.15, 0.2) is 11.6 Å². The number of carbonyl (C=O) groups is 1. The van der Waals surface area contributed by atoms with Gasteiger partial charge in [-0.25, -0.2) is 18.0 Å². The maximum absolute atomic E-state index is 13.3. The van der Waals surface area contributed by atoms with Crippen LogP contribution < -0.4 is 10.9 Å². The fourth-order valence-corrected chi connectivity index (χ4v) is 3.19. The first-order valence-electron chi connectivity index (χ1n) is 9.10. The van der Waals surface area contributed by atoms with Gasteiger partial charge in [0, 0.05) is 17.3 Å². The predicted molar refractivity (Wildman–Crippen MR) is 107 cm³/mol. The predicted octanol–water partition coefficient (Wildman–Crippen LogP) is 3.09. The molecule has 0 fully saturated rings. The first kappa shape index (κ1) is 19.4. The topological polar surface area (TPSA) is 81.3 Å². The van der Waals surface area contributed by atoms with Crippen molar-refractivity contribution in [2.24, 2.45) is 0 Å². The monoisotopic (exact) mass is 409 g/mol. The standard InChI is InChI=1S/C21H17F2N5O2/c1-12-3-5-15(13(2)7-12)18-9-19-21(30)27(24-11-28(19)26-18)10-20(29)25-14-4-6-16(22)17(23)8-14/h3-9,11H,10H2,1-2H3,(H,25,29). The van der Waals surface area contributed by atoms with Crippen LogP contribution in [0.25, 0.3) is 16.8 Å². The molecule has 30 heavy (non-hydrogen) atoms. The number of rotatable bonds is 4. The van der Waals surface area contributed by atoms with E-state index in [9.17, 15) is 18.4 Å². The molecule has 0 unspecified atom stereocenters. The Morgan fingerprint density at radius 1 is 1.07 bits per heavy atom. The highest BCUT2D eigenvalue weighted by molar-refractivity contribution is 5.90. The van der Waals surface area contributed by atoms with Crippen molar-refractivity contribution in [3.8, 4) is 11.3 Å². The van der Waals surface area contributed by atoms with E-state index in [1.165, 1.54) is 16.9 Å². The van der Waals surface area contributed by atoms with E-state index in [0.29, 0.717) is 5.69 Å². The Morgan fingerprint density at radius 2 is 1.87 bits per heavy atom. The molecule has 152 valence electrons. The quantitative estimate of drug-likeness (QED) is 0.562. The summed E-state index contributed by atoms with van der Waals surface area (Å²) in [5.74, 6) is -2.70. The summed E-state index contributed by atoms with van der Waals surface area (Å²) in [6, 6.07) is 10.6. The number of carbonyl (C=O) groups excluding carboxylic acids is 1. The van der Waals surface area contributed by atoms with E-state index >= 15 is 0 Å². The molecule has 0 aliphatic carbocycles. The molecule has 0 spiro atoms. The fraction of sp³-hybridized carbons (Fsp3) is 0.143. The van der Waals surface area contributed by atoms with Crippen LogP contribution in [0.2, 0.25) is 0 Å². The average Bonchev–Trinajstić information content (AvgIpc) is 3.12. The third-order valence-corrected chi connectivity index (χ3v) is 4.64. The van der Waals surface area contributed by atoms with E-state index in [0.717, 1.165) is 33.5 Å². The number of anilines is 1. The molecule has 2 aromatic heterocycles. The first-order chi connectivity index (χ1) is 14.3. The van der Waals surface area contributed by atoms with E-state index in [-0.39, 0.29) is 11.2 Å². The summed E-state index contributed by atoms with van der Waals surface area (Å²) < 4.78 is 28.6. The largest absolute Gasteiger partial charge is 0.324 e. The number of hydrogen-bond donors (Lipinski definition) is 1. The molecule has 0 aliphatic heterocycles. The molecule has 9 heteroatoms.